The Morgan fingerprint density at radius 3 is 2.41 bits per heavy atom. The minimum Gasteiger partial charge on any atom is -0.493 e. The van der Waals surface area contributed by atoms with Gasteiger partial charge in [0.2, 0.25) is 11.7 Å². The average Bonchev–Trinajstić information content (AvgIpc) is 3.16. The molecule has 0 fully saturated rings. The molecule has 0 spiro atoms. The van der Waals surface area contributed by atoms with Crippen molar-refractivity contribution in [1.29, 1.82) is 0 Å². The highest BCUT2D eigenvalue weighted by atomic mass is 16.5. The Morgan fingerprint density at radius 1 is 1.10 bits per heavy atom. The van der Waals surface area contributed by atoms with E-state index in [1.54, 1.807) is 45.7 Å². The fourth-order valence-electron chi connectivity index (χ4n) is 3.08. The standard InChI is InChI=1S/C22H24N4O3/c1-6-8-17-15(7-2)16(13-24-17)18-9-10-23-22(26-18)25-14-11-19(27-3)21(29-5)20(12-14)28-4/h6-13,24H,1H2,2-5H3,(H,23,25,26)/b15-7-,17-8+. The number of allylic oxidation sites excluding steroid dienone is 1. The largest absolute Gasteiger partial charge is 0.493 e. The molecule has 0 saturated heterocycles. The maximum Gasteiger partial charge on any atom is 0.227 e. The summed E-state index contributed by atoms with van der Waals surface area (Å²) in [6.45, 7) is 5.75. The zero-order valence-electron chi connectivity index (χ0n) is 16.9. The van der Waals surface area contributed by atoms with Crippen LogP contribution in [0.2, 0.25) is 0 Å². The zero-order valence-corrected chi connectivity index (χ0v) is 16.9. The van der Waals surface area contributed by atoms with E-state index >= 15 is 0 Å². The first-order chi connectivity index (χ1) is 14.1. The second-order valence-corrected chi connectivity index (χ2v) is 6.03. The fourth-order valence-corrected chi connectivity index (χ4v) is 3.08. The molecule has 3 rings (SSSR count). The lowest BCUT2D eigenvalue weighted by molar-refractivity contribution is 0.324. The Balaban J connectivity index is 2.00. The van der Waals surface area contributed by atoms with Gasteiger partial charge in [-0.3, -0.25) is 0 Å². The van der Waals surface area contributed by atoms with E-state index < -0.39 is 0 Å². The van der Waals surface area contributed by atoms with E-state index in [0.717, 1.165) is 21.8 Å². The molecule has 2 N–H and O–H groups in total. The number of aromatic amines is 1. The minimum absolute atomic E-state index is 0.453. The number of aromatic nitrogens is 3. The van der Waals surface area contributed by atoms with Crippen LogP contribution in [0.25, 0.3) is 23.4 Å². The average molecular weight is 392 g/mol. The quantitative estimate of drug-likeness (QED) is 0.643. The molecule has 0 atom stereocenters. The summed E-state index contributed by atoms with van der Waals surface area (Å²) in [5, 5.41) is 5.24. The van der Waals surface area contributed by atoms with Crippen LogP contribution >= 0.6 is 0 Å². The van der Waals surface area contributed by atoms with Crippen molar-refractivity contribution >= 4 is 23.8 Å². The Hall–Kier alpha value is -3.74. The summed E-state index contributed by atoms with van der Waals surface area (Å²) in [5.41, 5.74) is 2.49. The normalized spacial score (nSPS) is 12.0. The van der Waals surface area contributed by atoms with Crippen LogP contribution < -0.4 is 30.1 Å². The minimum atomic E-state index is 0.453. The molecule has 3 aromatic rings. The van der Waals surface area contributed by atoms with Crippen molar-refractivity contribution in [2.75, 3.05) is 26.6 Å². The van der Waals surface area contributed by atoms with E-state index in [1.807, 2.05) is 31.3 Å². The molecule has 29 heavy (non-hydrogen) atoms. The van der Waals surface area contributed by atoms with E-state index in [9.17, 15) is 0 Å². The van der Waals surface area contributed by atoms with Crippen molar-refractivity contribution < 1.29 is 14.2 Å². The number of nitrogens with zero attached hydrogens (tertiary/aromatic N) is 2. The maximum atomic E-state index is 5.40. The molecule has 0 aliphatic rings. The van der Waals surface area contributed by atoms with Crippen LogP contribution in [0.15, 0.2) is 43.2 Å². The number of nitrogens with one attached hydrogen (secondary N) is 2. The van der Waals surface area contributed by atoms with E-state index in [0.29, 0.717) is 28.9 Å². The van der Waals surface area contributed by atoms with Gasteiger partial charge in [-0.1, -0.05) is 18.7 Å². The van der Waals surface area contributed by atoms with Crippen LogP contribution in [0.1, 0.15) is 6.92 Å². The second kappa shape index (κ2) is 8.97. The smallest absolute Gasteiger partial charge is 0.227 e. The van der Waals surface area contributed by atoms with Crippen molar-refractivity contribution in [2.24, 2.45) is 0 Å². The summed E-state index contributed by atoms with van der Waals surface area (Å²) in [7, 11) is 4.72. The van der Waals surface area contributed by atoms with Gasteiger partial charge in [0, 0.05) is 46.3 Å². The van der Waals surface area contributed by atoms with Gasteiger partial charge in [0.05, 0.1) is 27.0 Å². The van der Waals surface area contributed by atoms with E-state index in [1.165, 1.54) is 0 Å². The number of anilines is 2. The number of methoxy groups -OCH3 is 3. The summed E-state index contributed by atoms with van der Waals surface area (Å²) < 4.78 is 16.2. The molecule has 2 heterocycles. The fraction of sp³-hybridized carbons (Fsp3) is 0.182. The van der Waals surface area contributed by atoms with Gasteiger partial charge in [0.1, 0.15) is 0 Å². The van der Waals surface area contributed by atoms with Gasteiger partial charge in [0.25, 0.3) is 0 Å². The molecule has 150 valence electrons. The summed E-state index contributed by atoms with van der Waals surface area (Å²) >= 11 is 0. The molecular weight excluding hydrogens is 368 g/mol. The Labute approximate surface area is 169 Å². The van der Waals surface area contributed by atoms with Crippen molar-refractivity contribution in [3.8, 4) is 28.5 Å². The second-order valence-electron chi connectivity index (χ2n) is 6.03. The van der Waals surface area contributed by atoms with Gasteiger partial charge in [-0.2, -0.15) is 0 Å². The molecule has 7 nitrogen and oxygen atoms in total. The lowest BCUT2D eigenvalue weighted by Gasteiger charge is -2.14. The molecule has 2 aromatic heterocycles. The van der Waals surface area contributed by atoms with Gasteiger partial charge >= 0.3 is 0 Å². The summed E-state index contributed by atoms with van der Waals surface area (Å²) in [6.07, 6.45) is 9.35. The molecule has 1 aromatic carbocycles. The number of hydrogen-bond donors (Lipinski definition) is 2. The highest BCUT2D eigenvalue weighted by Gasteiger charge is 2.14. The third kappa shape index (κ3) is 4.08. The third-order valence-electron chi connectivity index (χ3n) is 4.38. The number of hydrogen-bond acceptors (Lipinski definition) is 6. The van der Waals surface area contributed by atoms with Gasteiger partial charge in [-0.15, -0.1) is 0 Å². The predicted octanol–water partition coefficient (Wildman–Crippen LogP) is 3.01. The Bertz CT molecular complexity index is 1110. The Morgan fingerprint density at radius 2 is 1.83 bits per heavy atom. The van der Waals surface area contributed by atoms with Crippen LogP contribution in [0.4, 0.5) is 11.6 Å². The molecule has 0 bridgehead atoms. The van der Waals surface area contributed by atoms with Crippen molar-refractivity contribution in [1.82, 2.24) is 15.0 Å². The summed E-state index contributed by atoms with van der Waals surface area (Å²) in [4.78, 5) is 12.2. The number of H-pyrrole nitrogens is 1. The SMILES string of the molecule is C=C/C=c1/[nH]cc(-c2ccnc(Nc3cc(OC)c(OC)c(OC)c3)n2)/c1=C/C. The molecule has 0 radical (unpaired) electrons. The molecule has 0 aliphatic carbocycles. The first-order valence-electron chi connectivity index (χ1n) is 9.02. The first-order valence-corrected chi connectivity index (χ1v) is 9.02. The molecular formula is C22H24N4O3. The highest BCUT2D eigenvalue weighted by Crippen LogP contribution is 2.40. The van der Waals surface area contributed by atoms with Gasteiger partial charge in [0.15, 0.2) is 11.5 Å². The topological polar surface area (TPSA) is 81.3 Å². The van der Waals surface area contributed by atoms with Crippen molar-refractivity contribution in [2.45, 2.75) is 6.92 Å². The van der Waals surface area contributed by atoms with Crippen LogP contribution in [0.3, 0.4) is 0 Å². The molecule has 0 saturated carbocycles. The molecule has 0 amide bonds. The van der Waals surface area contributed by atoms with Crippen LogP contribution in [-0.2, 0) is 0 Å². The third-order valence-corrected chi connectivity index (χ3v) is 4.38. The maximum absolute atomic E-state index is 5.40. The highest BCUT2D eigenvalue weighted by molar-refractivity contribution is 5.67. The molecule has 0 aliphatic heterocycles. The number of ether oxygens (including phenoxy) is 3. The summed E-state index contributed by atoms with van der Waals surface area (Å²) in [5.74, 6) is 2.07. The molecule has 7 heteroatoms. The van der Waals surface area contributed by atoms with Gasteiger partial charge in [-0.05, 0) is 19.1 Å². The van der Waals surface area contributed by atoms with Crippen molar-refractivity contribution in [3.05, 3.63) is 53.8 Å². The van der Waals surface area contributed by atoms with E-state index in [2.05, 4.69) is 26.8 Å². The van der Waals surface area contributed by atoms with Crippen LogP contribution in [-0.4, -0.2) is 36.3 Å². The van der Waals surface area contributed by atoms with Crippen LogP contribution in [0, 0.1) is 0 Å². The Kier molecular flexibility index (Phi) is 6.19. The summed E-state index contributed by atoms with van der Waals surface area (Å²) in [6, 6.07) is 5.47. The lowest BCUT2D eigenvalue weighted by Crippen LogP contribution is -2.23. The van der Waals surface area contributed by atoms with E-state index in [-0.39, 0.29) is 0 Å². The van der Waals surface area contributed by atoms with E-state index in [4.69, 9.17) is 14.2 Å². The van der Waals surface area contributed by atoms with Gasteiger partial charge in [-0.25, -0.2) is 9.97 Å². The number of rotatable bonds is 7. The monoisotopic (exact) mass is 392 g/mol. The van der Waals surface area contributed by atoms with Crippen molar-refractivity contribution in [3.63, 3.8) is 0 Å². The van der Waals surface area contributed by atoms with Gasteiger partial charge < -0.3 is 24.5 Å². The molecule has 0 unspecified atom stereocenters. The predicted molar refractivity (Wildman–Crippen MR) is 115 cm³/mol. The first kappa shape index (κ1) is 20.0. The lowest BCUT2D eigenvalue weighted by atomic mass is 10.2. The zero-order chi connectivity index (χ0) is 20.8. The van der Waals surface area contributed by atoms with Crippen LogP contribution in [0.5, 0.6) is 17.2 Å². The number of benzene rings is 1.